The third-order valence-electron chi connectivity index (χ3n) is 3.29. The molecule has 0 bridgehead atoms. The molecule has 2 N–H and O–H groups in total. The number of hydrogen-bond acceptors (Lipinski definition) is 2. The Kier molecular flexibility index (Phi) is 3.25. The number of benzene rings is 1. The molecule has 2 heterocycles. The first-order valence-corrected chi connectivity index (χ1v) is 6.56. The molecule has 20 heavy (non-hydrogen) atoms. The van der Waals surface area contributed by atoms with Gasteiger partial charge in [0.25, 0.3) is 5.91 Å². The molecule has 0 fully saturated rings. The van der Waals surface area contributed by atoms with Crippen molar-refractivity contribution >= 4 is 16.8 Å². The van der Waals surface area contributed by atoms with E-state index in [0.29, 0.717) is 12.1 Å². The molecule has 3 rings (SSSR count). The number of aromatic nitrogens is 3. The van der Waals surface area contributed by atoms with Crippen LogP contribution in [-0.2, 0) is 13.5 Å². The van der Waals surface area contributed by atoms with Crippen LogP contribution in [0, 0.1) is 0 Å². The number of nitrogens with one attached hydrogen (secondary N) is 2. The molecular weight excluding hydrogens is 252 g/mol. The van der Waals surface area contributed by atoms with Crippen LogP contribution >= 0.6 is 0 Å². The van der Waals surface area contributed by atoms with Gasteiger partial charge in [0.1, 0.15) is 0 Å². The Morgan fingerprint density at radius 2 is 2.30 bits per heavy atom. The van der Waals surface area contributed by atoms with E-state index in [4.69, 9.17) is 0 Å². The minimum Gasteiger partial charge on any atom is -0.361 e. The zero-order valence-electron chi connectivity index (χ0n) is 11.3. The second-order valence-electron chi connectivity index (χ2n) is 4.78. The first kappa shape index (κ1) is 12.5. The van der Waals surface area contributed by atoms with E-state index in [0.717, 1.165) is 22.9 Å². The number of aryl methyl sites for hydroxylation is 1. The van der Waals surface area contributed by atoms with Crippen LogP contribution in [0.1, 0.15) is 15.9 Å². The number of aromatic amines is 1. The Hall–Kier alpha value is -2.56. The summed E-state index contributed by atoms with van der Waals surface area (Å²) in [6.45, 7) is 0.599. The molecule has 0 aliphatic carbocycles. The quantitative estimate of drug-likeness (QED) is 0.759. The minimum absolute atomic E-state index is 0.0538. The monoisotopic (exact) mass is 268 g/mol. The molecule has 0 spiro atoms. The van der Waals surface area contributed by atoms with E-state index in [1.165, 1.54) is 0 Å². The van der Waals surface area contributed by atoms with E-state index in [-0.39, 0.29) is 5.91 Å². The maximum atomic E-state index is 12.2. The fraction of sp³-hybridized carbons (Fsp3) is 0.200. The molecule has 0 aliphatic heterocycles. The van der Waals surface area contributed by atoms with Crippen molar-refractivity contribution in [2.75, 3.05) is 6.54 Å². The SMILES string of the molecule is Cn1cc(CCNC(=O)c2cccc3cc[nH]c23)cn1. The van der Waals surface area contributed by atoms with Gasteiger partial charge < -0.3 is 10.3 Å². The molecule has 2 aromatic heterocycles. The maximum Gasteiger partial charge on any atom is 0.253 e. The van der Waals surface area contributed by atoms with Crippen LogP contribution < -0.4 is 5.32 Å². The number of carbonyl (C=O) groups excluding carboxylic acids is 1. The van der Waals surface area contributed by atoms with Gasteiger partial charge in [-0.3, -0.25) is 9.48 Å². The third-order valence-corrected chi connectivity index (χ3v) is 3.29. The lowest BCUT2D eigenvalue weighted by molar-refractivity contribution is 0.0955. The first-order chi connectivity index (χ1) is 9.74. The fourth-order valence-corrected chi connectivity index (χ4v) is 2.29. The average Bonchev–Trinajstić information content (AvgIpc) is 3.06. The Morgan fingerprint density at radius 3 is 3.10 bits per heavy atom. The van der Waals surface area contributed by atoms with Crippen LogP contribution in [0.2, 0.25) is 0 Å². The largest absolute Gasteiger partial charge is 0.361 e. The second-order valence-corrected chi connectivity index (χ2v) is 4.78. The topological polar surface area (TPSA) is 62.7 Å². The summed E-state index contributed by atoms with van der Waals surface area (Å²) in [6.07, 6.45) is 6.40. The van der Waals surface area contributed by atoms with E-state index < -0.39 is 0 Å². The number of para-hydroxylation sites is 1. The lowest BCUT2D eigenvalue weighted by Gasteiger charge is -2.05. The second kappa shape index (κ2) is 5.21. The standard InChI is InChI=1S/C15H16N4O/c1-19-10-11(9-18-19)5-7-17-15(20)13-4-2-3-12-6-8-16-14(12)13/h2-4,6,8-10,16H,5,7H2,1H3,(H,17,20). The molecule has 5 nitrogen and oxygen atoms in total. The van der Waals surface area contributed by atoms with Crippen LogP contribution in [0.15, 0.2) is 42.9 Å². The Morgan fingerprint density at radius 1 is 1.40 bits per heavy atom. The molecule has 0 unspecified atom stereocenters. The number of amides is 1. The van der Waals surface area contributed by atoms with E-state index in [9.17, 15) is 4.79 Å². The highest BCUT2D eigenvalue weighted by Gasteiger charge is 2.10. The third kappa shape index (κ3) is 2.42. The van der Waals surface area contributed by atoms with Crippen LogP contribution in [0.4, 0.5) is 0 Å². The zero-order valence-corrected chi connectivity index (χ0v) is 11.3. The summed E-state index contributed by atoms with van der Waals surface area (Å²) < 4.78 is 1.76. The predicted octanol–water partition coefficient (Wildman–Crippen LogP) is 1.87. The van der Waals surface area contributed by atoms with Crippen LogP contribution in [0.3, 0.4) is 0 Å². The van der Waals surface area contributed by atoms with Crippen LogP contribution in [0.25, 0.3) is 10.9 Å². The van der Waals surface area contributed by atoms with Gasteiger partial charge in [-0.1, -0.05) is 12.1 Å². The van der Waals surface area contributed by atoms with Crippen LogP contribution in [-0.4, -0.2) is 27.2 Å². The highest BCUT2D eigenvalue weighted by atomic mass is 16.1. The van der Waals surface area contributed by atoms with Gasteiger partial charge in [-0.25, -0.2) is 0 Å². The summed E-state index contributed by atoms with van der Waals surface area (Å²) in [5, 5.41) is 8.09. The van der Waals surface area contributed by atoms with Crippen molar-refractivity contribution in [3.05, 3.63) is 54.0 Å². The van der Waals surface area contributed by atoms with Crippen molar-refractivity contribution in [3.63, 3.8) is 0 Å². The lowest BCUT2D eigenvalue weighted by Crippen LogP contribution is -2.25. The molecule has 0 radical (unpaired) electrons. The molecule has 102 valence electrons. The summed E-state index contributed by atoms with van der Waals surface area (Å²) in [6, 6.07) is 7.67. The Labute approximate surface area is 116 Å². The molecule has 0 atom stereocenters. The highest BCUT2D eigenvalue weighted by Crippen LogP contribution is 2.16. The van der Waals surface area contributed by atoms with Gasteiger partial charge in [-0.05, 0) is 24.1 Å². The van der Waals surface area contributed by atoms with Gasteiger partial charge in [-0.2, -0.15) is 5.10 Å². The van der Waals surface area contributed by atoms with Crippen molar-refractivity contribution in [2.45, 2.75) is 6.42 Å². The van der Waals surface area contributed by atoms with Crippen molar-refractivity contribution in [1.82, 2.24) is 20.1 Å². The first-order valence-electron chi connectivity index (χ1n) is 6.56. The normalized spacial score (nSPS) is 10.8. The lowest BCUT2D eigenvalue weighted by atomic mass is 10.1. The zero-order chi connectivity index (χ0) is 13.9. The number of H-pyrrole nitrogens is 1. The summed E-state index contributed by atoms with van der Waals surface area (Å²) in [4.78, 5) is 15.3. The summed E-state index contributed by atoms with van der Waals surface area (Å²) >= 11 is 0. The minimum atomic E-state index is -0.0538. The van der Waals surface area contributed by atoms with Crippen molar-refractivity contribution in [3.8, 4) is 0 Å². The van der Waals surface area contributed by atoms with Gasteiger partial charge >= 0.3 is 0 Å². The van der Waals surface area contributed by atoms with E-state index in [2.05, 4.69) is 15.4 Å². The van der Waals surface area contributed by atoms with Gasteiger partial charge in [0.05, 0.1) is 17.3 Å². The van der Waals surface area contributed by atoms with Crippen LogP contribution in [0.5, 0.6) is 0 Å². The predicted molar refractivity (Wildman–Crippen MR) is 77.5 cm³/mol. The number of nitrogens with zero attached hydrogens (tertiary/aromatic N) is 2. The fourth-order valence-electron chi connectivity index (χ4n) is 2.29. The molecule has 0 saturated heterocycles. The highest BCUT2D eigenvalue weighted by molar-refractivity contribution is 6.05. The molecule has 3 aromatic rings. The van der Waals surface area contributed by atoms with Gasteiger partial charge in [0, 0.05) is 31.4 Å². The summed E-state index contributed by atoms with van der Waals surface area (Å²) in [5.41, 5.74) is 2.68. The number of rotatable bonds is 4. The van der Waals surface area contributed by atoms with E-state index in [1.54, 1.807) is 4.68 Å². The van der Waals surface area contributed by atoms with Crippen molar-refractivity contribution in [1.29, 1.82) is 0 Å². The number of fused-ring (bicyclic) bond motifs is 1. The number of carbonyl (C=O) groups is 1. The molecule has 0 saturated carbocycles. The summed E-state index contributed by atoms with van der Waals surface area (Å²) in [5.74, 6) is -0.0538. The Balaban J connectivity index is 1.66. The van der Waals surface area contributed by atoms with Crippen molar-refractivity contribution < 1.29 is 4.79 Å². The maximum absolute atomic E-state index is 12.2. The molecule has 1 amide bonds. The number of hydrogen-bond donors (Lipinski definition) is 2. The Bertz CT molecular complexity index is 741. The van der Waals surface area contributed by atoms with E-state index >= 15 is 0 Å². The molecule has 5 heteroatoms. The molecule has 0 aliphatic rings. The average molecular weight is 268 g/mol. The van der Waals surface area contributed by atoms with Gasteiger partial charge in [-0.15, -0.1) is 0 Å². The summed E-state index contributed by atoms with van der Waals surface area (Å²) in [7, 11) is 1.88. The van der Waals surface area contributed by atoms with E-state index in [1.807, 2.05) is 49.9 Å². The smallest absolute Gasteiger partial charge is 0.253 e. The van der Waals surface area contributed by atoms with Gasteiger partial charge in [0.15, 0.2) is 0 Å². The van der Waals surface area contributed by atoms with Crippen molar-refractivity contribution in [2.24, 2.45) is 7.05 Å². The van der Waals surface area contributed by atoms with Gasteiger partial charge in [0.2, 0.25) is 0 Å². The molecule has 1 aromatic carbocycles. The molecular formula is C15H16N4O.